The first-order chi connectivity index (χ1) is 14.0. The molecule has 0 saturated carbocycles. The zero-order chi connectivity index (χ0) is 22.1. The Morgan fingerprint density at radius 3 is 2.47 bits per heavy atom. The van der Waals surface area contributed by atoms with Crippen LogP contribution in [0.25, 0.3) is 5.69 Å². The molecule has 158 valence electrons. The second kappa shape index (κ2) is 7.86. The van der Waals surface area contributed by atoms with Crippen molar-refractivity contribution in [3.8, 4) is 5.69 Å². The summed E-state index contributed by atoms with van der Waals surface area (Å²) in [6, 6.07) is 9.29. The van der Waals surface area contributed by atoms with Gasteiger partial charge in [-0.2, -0.15) is 13.2 Å². The minimum absolute atomic E-state index is 0.0389. The third-order valence-corrected chi connectivity index (χ3v) is 5.77. The van der Waals surface area contributed by atoms with E-state index in [1.807, 2.05) is 0 Å². The van der Waals surface area contributed by atoms with E-state index in [9.17, 15) is 30.8 Å². The highest BCUT2D eigenvalue weighted by Crippen LogP contribution is 2.33. The van der Waals surface area contributed by atoms with Gasteiger partial charge in [0, 0.05) is 5.69 Å². The second-order valence-corrected chi connectivity index (χ2v) is 8.34. The summed E-state index contributed by atoms with van der Waals surface area (Å²) in [4.78, 5) is 12.4. The highest BCUT2D eigenvalue weighted by atomic mass is 32.2. The van der Waals surface area contributed by atoms with Gasteiger partial charge in [-0.05, 0) is 36.4 Å². The van der Waals surface area contributed by atoms with Crippen LogP contribution in [0, 0.1) is 5.82 Å². The fraction of sp³-hybridized carbons (Fsp3) is 0.167. The zero-order valence-electron chi connectivity index (χ0n) is 15.3. The molecule has 0 bridgehead atoms. The Morgan fingerprint density at radius 1 is 1.13 bits per heavy atom. The molecule has 7 nitrogen and oxygen atoms in total. The maximum Gasteiger partial charge on any atom is 0.435 e. The summed E-state index contributed by atoms with van der Waals surface area (Å²) in [6.07, 6.45) is -5.03. The van der Waals surface area contributed by atoms with Crippen molar-refractivity contribution in [2.75, 3.05) is 11.1 Å². The molecule has 0 radical (unpaired) electrons. The summed E-state index contributed by atoms with van der Waals surface area (Å²) in [7, 11) is -3.59. The number of anilines is 1. The first kappa shape index (κ1) is 21.4. The second-order valence-electron chi connectivity index (χ2n) is 6.06. The van der Waals surface area contributed by atoms with Crippen molar-refractivity contribution in [2.45, 2.75) is 18.0 Å². The first-order valence-electron chi connectivity index (χ1n) is 8.46. The summed E-state index contributed by atoms with van der Waals surface area (Å²) in [5.74, 6) is -2.24. The van der Waals surface area contributed by atoms with Crippen LogP contribution in [-0.4, -0.2) is 35.1 Å². The van der Waals surface area contributed by atoms with Gasteiger partial charge in [0.2, 0.25) is 0 Å². The number of hydrogen-bond acceptors (Lipinski definition) is 5. The Morgan fingerprint density at radius 2 is 1.83 bits per heavy atom. The lowest BCUT2D eigenvalue weighted by atomic mass is 10.2. The highest BCUT2D eigenvalue weighted by Gasteiger charge is 2.42. The van der Waals surface area contributed by atoms with Gasteiger partial charge in [0.05, 0.1) is 16.3 Å². The van der Waals surface area contributed by atoms with Crippen LogP contribution < -0.4 is 5.32 Å². The SMILES string of the molecule is CCS(=O)(=O)c1cccc(NC(=O)c2nnn(-c3cccc(F)c3)c2C(F)(F)F)c1. The number of aromatic nitrogens is 3. The van der Waals surface area contributed by atoms with Gasteiger partial charge in [-0.25, -0.2) is 17.5 Å². The monoisotopic (exact) mass is 442 g/mol. The maximum atomic E-state index is 13.6. The van der Waals surface area contributed by atoms with Crippen LogP contribution in [0.5, 0.6) is 0 Å². The number of nitrogens with one attached hydrogen (secondary N) is 1. The molecule has 0 aliphatic carbocycles. The van der Waals surface area contributed by atoms with Crippen LogP contribution in [0.3, 0.4) is 0 Å². The third-order valence-electron chi connectivity index (χ3n) is 4.04. The quantitative estimate of drug-likeness (QED) is 0.611. The Labute approximate surface area is 168 Å². The predicted molar refractivity (Wildman–Crippen MR) is 98.4 cm³/mol. The number of amides is 1. The number of sulfone groups is 1. The van der Waals surface area contributed by atoms with Crippen LogP contribution in [-0.2, 0) is 16.0 Å². The summed E-state index contributed by atoms with van der Waals surface area (Å²) in [5, 5.41) is 8.85. The molecular weight excluding hydrogens is 428 g/mol. The number of benzene rings is 2. The number of carbonyl (C=O) groups excluding carboxylic acids is 1. The van der Waals surface area contributed by atoms with Gasteiger partial charge >= 0.3 is 6.18 Å². The smallest absolute Gasteiger partial charge is 0.320 e. The molecule has 1 N–H and O–H groups in total. The van der Waals surface area contributed by atoms with Crippen molar-refractivity contribution in [2.24, 2.45) is 0 Å². The number of carbonyl (C=O) groups is 1. The van der Waals surface area contributed by atoms with Gasteiger partial charge in [-0.15, -0.1) is 5.10 Å². The molecule has 12 heteroatoms. The molecular formula is C18H14F4N4O3S. The van der Waals surface area contributed by atoms with Crippen molar-refractivity contribution < 1.29 is 30.8 Å². The van der Waals surface area contributed by atoms with Crippen molar-refractivity contribution in [3.05, 3.63) is 65.7 Å². The maximum absolute atomic E-state index is 13.6. The van der Waals surface area contributed by atoms with Gasteiger partial charge < -0.3 is 5.32 Å². The fourth-order valence-corrected chi connectivity index (χ4v) is 3.53. The Bertz CT molecular complexity index is 1210. The topological polar surface area (TPSA) is 93.9 Å². The molecule has 0 saturated heterocycles. The van der Waals surface area contributed by atoms with Crippen LogP contribution in [0.2, 0.25) is 0 Å². The van der Waals surface area contributed by atoms with E-state index in [-0.39, 0.29) is 22.0 Å². The van der Waals surface area contributed by atoms with E-state index in [2.05, 4.69) is 15.6 Å². The number of rotatable bonds is 5. The van der Waals surface area contributed by atoms with Crippen LogP contribution >= 0.6 is 0 Å². The number of nitrogens with zero attached hydrogens (tertiary/aromatic N) is 3. The Balaban J connectivity index is 2.01. The van der Waals surface area contributed by atoms with Crippen LogP contribution in [0.15, 0.2) is 53.4 Å². The van der Waals surface area contributed by atoms with E-state index in [0.29, 0.717) is 4.68 Å². The Kier molecular flexibility index (Phi) is 5.61. The number of hydrogen-bond donors (Lipinski definition) is 1. The van der Waals surface area contributed by atoms with E-state index in [1.165, 1.54) is 37.3 Å². The zero-order valence-corrected chi connectivity index (χ0v) is 16.1. The van der Waals surface area contributed by atoms with Crippen molar-refractivity contribution in [3.63, 3.8) is 0 Å². The van der Waals surface area contributed by atoms with Gasteiger partial charge in [0.25, 0.3) is 5.91 Å². The van der Waals surface area contributed by atoms with Gasteiger partial charge in [-0.3, -0.25) is 4.79 Å². The van der Waals surface area contributed by atoms with Crippen molar-refractivity contribution >= 4 is 21.4 Å². The molecule has 0 aliphatic heterocycles. The van der Waals surface area contributed by atoms with E-state index in [1.54, 1.807) is 0 Å². The minimum atomic E-state index is -5.03. The molecule has 3 aromatic rings. The molecule has 0 unspecified atom stereocenters. The van der Waals surface area contributed by atoms with Gasteiger partial charge in [0.1, 0.15) is 5.82 Å². The molecule has 3 rings (SSSR count). The third kappa shape index (κ3) is 4.32. The lowest BCUT2D eigenvalue weighted by molar-refractivity contribution is -0.143. The molecule has 1 amide bonds. The molecule has 2 aromatic carbocycles. The number of alkyl halides is 3. The molecule has 30 heavy (non-hydrogen) atoms. The Hall–Kier alpha value is -3.28. The lowest BCUT2D eigenvalue weighted by Crippen LogP contribution is -2.21. The molecule has 0 aliphatic rings. The molecule has 0 atom stereocenters. The van der Waals surface area contributed by atoms with Crippen LogP contribution in [0.4, 0.5) is 23.2 Å². The fourth-order valence-electron chi connectivity index (χ4n) is 2.60. The van der Waals surface area contributed by atoms with Crippen LogP contribution in [0.1, 0.15) is 23.1 Å². The van der Waals surface area contributed by atoms with E-state index >= 15 is 0 Å². The average molecular weight is 442 g/mol. The standard InChI is InChI=1S/C18H14F4N4O3S/c1-2-30(28,29)14-8-4-6-12(10-14)23-17(27)15-16(18(20,21)22)26(25-24-15)13-7-3-5-11(19)9-13/h3-10H,2H2,1H3,(H,23,27). The normalized spacial score (nSPS) is 12.0. The van der Waals surface area contributed by atoms with E-state index in [4.69, 9.17) is 0 Å². The number of halogens is 4. The highest BCUT2D eigenvalue weighted by molar-refractivity contribution is 7.91. The summed E-state index contributed by atoms with van der Waals surface area (Å²) in [6.45, 7) is 1.43. The summed E-state index contributed by atoms with van der Waals surface area (Å²) in [5.41, 5.74) is -2.86. The van der Waals surface area contributed by atoms with Gasteiger partial charge in [-0.1, -0.05) is 24.3 Å². The minimum Gasteiger partial charge on any atom is -0.320 e. The average Bonchev–Trinajstić information content (AvgIpc) is 3.14. The first-order valence-corrected chi connectivity index (χ1v) is 10.1. The van der Waals surface area contributed by atoms with Crippen molar-refractivity contribution in [1.82, 2.24) is 15.0 Å². The summed E-state index contributed by atoms with van der Waals surface area (Å²) >= 11 is 0. The largest absolute Gasteiger partial charge is 0.435 e. The molecule has 0 fully saturated rings. The predicted octanol–water partition coefficient (Wildman–Crippen LogP) is 3.47. The summed E-state index contributed by atoms with van der Waals surface area (Å²) < 4.78 is 78.6. The lowest BCUT2D eigenvalue weighted by Gasteiger charge is -2.11. The van der Waals surface area contributed by atoms with E-state index < -0.39 is 39.1 Å². The van der Waals surface area contributed by atoms with Gasteiger partial charge in [0.15, 0.2) is 21.2 Å². The van der Waals surface area contributed by atoms with E-state index in [0.717, 1.165) is 18.2 Å². The molecule has 1 heterocycles. The van der Waals surface area contributed by atoms with Crippen molar-refractivity contribution in [1.29, 1.82) is 0 Å². The molecule has 0 spiro atoms. The molecule has 1 aromatic heterocycles.